The number of rotatable bonds is 5. The average Bonchev–Trinajstić information content (AvgIpc) is 3.32. The topological polar surface area (TPSA) is 75.1 Å². The van der Waals surface area contributed by atoms with Crippen LogP contribution in [0.2, 0.25) is 0 Å². The third kappa shape index (κ3) is 4.12. The number of aromatic nitrogens is 2. The molecule has 0 bridgehead atoms. The average molecular weight is 402 g/mol. The predicted octanol–water partition coefficient (Wildman–Crippen LogP) is 4.80. The highest BCUT2D eigenvalue weighted by Gasteiger charge is 2.10. The van der Waals surface area contributed by atoms with Crippen LogP contribution in [0.5, 0.6) is 5.75 Å². The summed E-state index contributed by atoms with van der Waals surface area (Å²) in [6, 6.07) is 17.6. The number of aromatic amines is 1. The molecule has 0 amide bonds. The molecule has 29 heavy (non-hydrogen) atoms. The SMILES string of the molecule is Cc1ccc(-c2cn(-c3cccc(C(=O)/C=C/c4cccc(O)c4)c3)c(=O)[nH]2)s1. The first-order valence-electron chi connectivity index (χ1n) is 9.00. The van der Waals surface area contributed by atoms with Crippen molar-refractivity contribution < 1.29 is 9.90 Å². The Bertz CT molecular complexity index is 1280. The van der Waals surface area contributed by atoms with Gasteiger partial charge in [-0.2, -0.15) is 0 Å². The molecule has 0 aliphatic heterocycles. The van der Waals surface area contributed by atoms with Gasteiger partial charge >= 0.3 is 5.69 Å². The van der Waals surface area contributed by atoms with Gasteiger partial charge in [-0.15, -0.1) is 11.3 Å². The molecular formula is C23H18N2O3S. The Hall–Kier alpha value is -3.64. The third-order valence-electron chi connectivity index (χ3n) is 4.43. The first-order valence-corrected chi connectivity index (χ1v) is 9.81. The summed E-state index contributed by atoms with van der Waals surface area (Å²) in [7, 11) is 0. The Balaban J connectivity index is 1.61. The number of ketones is 1. The Morgan fingerprint density at radius 1 is 1.10 bits per heavy atom. The molecule has 0 saturated heterocycles. The molecule has 6 heteroatoms. The smallest absolute Gasteiger partial charge is 0.330 e. The lowest BCUT2D eigenvalue weighted by atomic mass is 10.1. The summed E-state index contributed by atoms with van der Waals surface area (Å²) in [5.41, 5.74) is 2.30. The molecule has 5 nitrogen and oxygen atoms in total. The molecule has 2 aromatic carbocycles. The van der Waals surface area contributed by atoms with Crippen molar-refractivity contribution in [2.24, 2.45) is 0 Å². The minimum Gasteiger partial charge on any atom is -0.508 e. The van der Waals surface area contributed by atoms with Crippen LogP contribution in [0, 0.1) is 6.92 Å². The van der Waals surface area contributed by atoms with Crippen LogP contribution in [0.25, 0.3) is 22.3 Å². The van der Waals surface area contributed by atoms with Gasteiger partial charge in [-0.25, -0.2) is 4.79 Å². The summed E-state index contributed by atoms with van der Waals surface area (Å²) in [5.74, 6) is -0.0435. The van der Waals surface area contributed by atoms with E-state index in [1.807, 2.05) is 19.1 Å². The highest BCUT2D eigenvalue weighted by atomic mass is 32.1. The van der Waals surface area contributed by atoms with Crippen molar-refractivity contribution in [3.05, 3.63) is 99.4 Å². The molecule has 0 saturated carbocycles. The van der Waals surface area contributed by atoms with Gasteiger partial charge < -0.3 is 10.1 Å². The van der Waals surface area contributed by atoms with E-state index in [0.717, 1.165) is 16.1 Å². The third-order valence-corrected chi connectivity index (χ3v) is 5.46. The molecule has 4 rings (SSSR count). The number of benzene rings is 2. The van der Waals surface area contributed by atoms with Crippen molar-refractivity contribution in [1.29, 1.82) is 0 Å². The van der Waals surface area contributed by atoms with Gasteiger partial charge in [0.2, 0.25) is 0 Å². The normalized spacial score (nSPS) is 11.2. The first-order chi connectivity index (χ1) is 14.0. The largest absolute Gasteiger partial charge is 0.508 e. The number of carbonyl (C=O) groups excluding carboxylic acids is 1. The summed E-state index contributed by atoms with van der Waals surface area (Å²) in [4.78, 5) is 30.0. The summed E-state index contributed by atoms with van der Waals surface area (Å²) >= 11 is 1.61. The van der Waals surface area contributed by atoms with Gasteiger partial charge in [-0.3, -0.25) is 9.36 Å². The van der Waals surface area contributed by atoms with E-state index in [4.69, 9.17) is 0 Å². The monoisotopic (exact) mass is 402 g/mol. The maximum atomic E-state index is 12.6. The summed E-state index contributed by atoms with van der Waals surface area (Å²) < 4.78 is 1.50. The van der Waals surface area contributed by atoms with E-state index < -0.39 is 0 Å². The molecule has 0 fully saturated rings. The lowest BCUT2D eigenvalue weighted by Gasteiger charge is -2.03. The Morgan fingerprint density at radius 2 is 1.93 bits per heavy atom. The number of imidazole rings is 1. The van der Waals surface area contributed by atoms with Gasteiger partial charge in [-0.1, -0.05) is 30.3 Å². The predicted molar refractivity (Wildman–Crippen MR) is 116 cm³/mol. The van der Waals surface area contributed by atoms with Crippen molar-refractivity contribution in [2.45, 2.75) is 6.92 Å². The fourth-order valence-electron chi connectivity index (χ4n) is 3.00. The van der Waals surface area contributed by atoms with Crippen LogP contribution in [-0.4, -0.2) is 20.4 Å². The second-order valence-electron chi connectivity index (χ2n) is 6.60. The molecule has 0 atom stereocenters. The van der Waals surface area contributed by atoms with Crippen LogP contribution in [-0.2, 0) is 0 Å². The van der Waals surface area contributed by atoms with Crippen LogP contribution in [0.15, 0.2) is 77.7 Å². The van der Waals surface area contributed by atoms with E-state index in [-0.39, 0.29) is 17.2 Å². The number of carbonyl (C=O) groups is 1. The van der Waals surface area contributed by atoms with E-state index in [1.54, 1.807) is 72.1 Å². The number of hydrogen-bond acceptors (Lipinski definition) is 4. The second kappa shape index (κ2) is 7.77. The van der Waals surface area contributed by atoms with Crippen LogP contribution < -0.4 is 5.69 Å². The second-order valence-corrected chi connectivity index (χ2v) is 7.88. The molecule has 0 radical (unpaired) electrons. The lowest BCUT2D eigenvalue weighted by molar-refractivity contribution is 0.104. The minimum atomic E-state index is -0.258. The molecule has 0 spiro atoms. The van der Waals surface area contributed by atoms with Crippen molar-refractivity contribution in [3.8, 4) is 22.0 Å². The number of aryl methyl sites for hydroxylation is 1. The van der Waals surface area contributed by atoms with Gasteiger partial charge in [0.1, 0.15) is 5.75 Å². The number of allylic oxidation sites excluding steroid dienone is 1. The van der Waals surface area contributed by atoms with Crippen LogP contribution in [0.4, 0.5) is 0 Å². The summed E-state index contributed by atoms with van der Waals surface area (Å²) in [6.45, 7) is 2.02. The Labute approximate surface area is 171 Å². The first kappa shape index (κ1) is 18.7. The molecular weight excluding hydrogens is 384 g/mol. The Kier molecular flexibility index (Phi) is 5.01. The van der Waals surface area contributed by atoms with Crippen LogP contribution in [0.3, 0.4) is 0 Å². The number of phenols is 1. The van der Waals surface area contributed by atoms with Crippen molar-refractivity contribution in [1.82, 2.24) is 9.55 Å². The maximum absolute atomic E-state index is 12.6. The molecule has 4 aromatic rings. The molecule has 0 unspecified atom stereocenters. The number of phenolic OH excluding ortho intramolecular Hbond substituents is 1. The van der Waals surface area contributed by atoms with Gasteiger partial charge in [0.15, 0.2) is 5.78 Å². The number of aromatic hydroxyl groups is 1. The standard InChI is InChI=1S/C23H18N2O3S/c1-15-8-11-22(29-15)20-14-25(23(28)24-20)18-6-3-5-17(13-18)21(27)10-9-16-4-2-7-19(26)12-16/h2-14,26H,1H3,(H,24,28)/b10-9+. The number of H-pyrrole nitrogens is 1. The summed E-state index contributed by atoms with van der Waals surface area (Å²) in [5, 5.41) is 9.52. The number of hydrogen-bond donors (Lipinski definition) is 2. The summed E-state index contributed by atoms with van der Waals surface area (Å²) in [6.07, 6.45) is 4.85. The number of nitrogens with zero attached hydrogens (tertiary/aromatic N) is 1. The minimum absolute atomic E-state index is 0.144. The van der Waals surface area contributed by atoms with Crippen molar-refractivity contribution >= 4 is 23.2 Å². The molecule has 2 aromatic heterocycles. The fraction of sp³-hybridized carbons (Fsp3) is 0.0435. The molecule has 2 N–H and O–H groups in total. The quantitative estimate of drug-likeness (QED) is 0.372. The molecule has 144 valence electrons. The highest BCUT2D eigenvalue weighted by molar-refractivity contribution is 7.15. The molecule has 2 heterocycles. The van der Waals surface area contributed by atoms with E-state index in [0.29, 0.717) is 11.3 Å². The van der Waals surface area contributed by atoms with E-state index in [9.17, 15) is 14.7 Å². The zero-order valence-electron chi connectivity index (χ0n) is 15.6. The van der Waals surface area contributed by atoms with E-state index in [2.05, 4.69) is 4.98 Å². The fourth-order valence-corrected chi connectivity index (χ4v) is 3.83. The van der Waals surface area contributed by atoms with Gasteiger partial charge in [0.05, 0.1) is 16.3 Å². The maximum Gasteiger partial charge on any atom is 0.330 e. The van der Waals surface area contributed by atoms with Gasteiger partial charge in [-0.05, 0) is 55.0 Å². The van der Waals surface area contributed by atoms with Crippen LogP contribution in [0.1, 0.15) is 20.8 Å². The lowest BCUT2D eigenvalue weighted by Crippen LogP contribution is -2.14. The van der Waals surface area contributed by atoms with E-state index in [1.165, 1.54) is 15.5 Å². The number of nitrogens with one attached hydrogen (secondary N) is 1. The van der Waals surface area contributed by atoms with Crippen molar-refractivity contribution in [3.63, 3.8) is 0 Å². The van der Waals surface area contributed by atoms with Crippen LogP contribution >= 0.6 is 11.3 Å². The van der Waals surface area contributed by atoms with Crippen molar-refractivity contribution in [2.75, 3.05) is 0 Å². The Morgan fingerprint density at radius 3 is 2.69 bits per heavy atom. The molecule has 0 aliphatic rings. The molecule has 0 aliphatic carbocycles. The van der Waals surface area contributed by atoms with Gasteiger partial charge in [0, 0.05) is 16.6 Å². The number of thiophene rings is 1. The zero-order valence-corrected chi connectivity index (χ0v) is 16.4. The van der Waals surface area contributed by atoms with Gasteiger partial charge in [0.25, 0.3) is 0 Å². The van der Waals surface area contributed by atoms with E-state index >= 15 is 0 Å². The zero-order chi connectivity index (χ0) is 20.4. The highest BCUT2D eigenvalue weighted by Crippen LogP contribution is 2.26.